The molecule has 0 aromatic rings. The molecule has 0 aromatic carbocycles. The van der Waals surface area contributed by atoms with Crippen LogP contribution < -0.4 is 5.32 Å². The van der Waals surface area contributed by atoms with Gasteiger partial charge in [0, 0.05) is 25.3 Å². The van der Waals surface area contributed by atoms with Gasteiger partial charge in [-0.1, -0.05) is 6.92 Å². The number of hydrogen-bond donors (Lipinski definition) is 2. The van der Waals surface area contributed by atoms with E-state index in [2.05, 4.69) is 5.32 Å². The fourth-order valence-electron chi connectivity index (χ4n) is 2.19. The molecule has 0 rings (SSSR count). The average molecular weight is 299 g/mol. The molecular weight excluding hydrogens is 270 g/mol. The second-order valence-corrected chi connectivity index (χ2v) is 6.14. The number of Topliss-reactive ketones (excluding diaryl/α,β-unsaturated/α-hetero) is 2. The van der Waals surface area contributed by atoms with Crippen molar-refractivity contribution in [2.24, 2.45) is 5.92 Å². The Morgan fingerprint density at radius 1 is 1.00 bits per heavy atom. The van der Waals surface area contributed by atoms with Gasteiger partial charge in [0.15, 0.2) is 0 Å². The van der Waals surface area contributed by atoms with Crippen molar-refractivity contribution in [2.75, 3.05) is 0 Å². The molecule has 0 radical (unpaired) electrons. The first-order chi connectivity index (χ1) is 9.70. The maximum atomic E-state index is 12.0. The largest absolute Gasteiger partial charge is 0.393 e. The Hall–Kier alpha value is -1.23. The van der Waals surface area contributed by atoms with Crippen LogP contribution in [0.2, 0.25) is 0 Å². The van der Waals surface area contributed by atoms with Crippen molar-refractivity contribution in [3.05, 3.63) is 0 Å². The van der Waals surface area contributed by atoms with Gasteiger partial charge in [-0.05, 0) is 46.0 Å². The van der Waals surface area contributed by atoms with Crippen LogP contribution in [0.5, 0.6) is 0 Å². The minimum atomic E-state index is -0.516. The van der Waals surface area contributed by atoms with Gasteiger partial charge in [-0.25, -0.2) is 0 Å². The summed E-state index contributed by atoms with van der Waals surface area (Å²) in [6, 6.07) is -0.179. The topological polar surface area (TPSA) is 83.5 Å². The number of hydrogen-bond acceptors (Lipinski definition) is 4. The van der Waals surface area contributed by atoms with Crippen LogP contribution in [0.3, 0.4) is 0 Å². The summed E-state index contributed by atoms with van der Waals surface area (Å²) in [6.07, 6.45) is 2.45. The van der Waals surface area contributed by atoms with Gasteiger partial charge in [-0.3, -0.25) is 4.79 Å². The first-order valence-corrected chi connectivity index (χ1v) is 7.67. The number of rotatable bonds is 11. The molecule has 0 saturated heterocycles. The monoisotopic (exact) mass is 299 g/mol. The van der Waals surface area contributed by atoms with Gasteiger partial charge in [-0.15, -0.1) is 0 Å². The van der Waals surface area contributed by atoms with Crippen molar-refractivity contribution in [3.8, 4) is 0 Å². The quantitative estimate of drug-likeness (QED) is 0.611. The van der Waals surface area contributed by atoms with Crippen LogP contribution in [-0.4, -0.2) is 34.7 Å². The summed E-state index contributed by atoms with van der Waals surface area (Å²) in [4.78, 5) is 33.9. The molecule has 0 aliphatic heterocycles. The summed E-state index contributed by atoms with van der Waals surface area (Å²) in [6.45, 7) is 6.68. The molecule has 3 atom stereocenters. The molecule has 0 saturated carbocycles. The Morgan fingerprint density at radius 2 is 1.52 bits per heavy atom. The molecule has 0 aliphatic carbocycles. The summed E-state index contributed by atoms with van der Waals surface area (Å²) in [7, 11) is 0. The number of aliphatic hydroxyl groups is 1. The third kappa shape index (κ3) is 12.2. The van der Waals surface area contributed by atoms with Crippen molar-refractivity contribution in [3.63, 3.8) is 0 Å². The minimum absolute atomic E-state index is 0.0784. The van der Waals surface area contributed by atoms with Gasteiger partial charge in [0.1, 0.15) is 11.6 Å². The highest BCUT2D eigenvalue weighted by atomic mass is 16.3. The number of nitrogens with one attached hydrogen (secondary N) is 1. The Bertz CT molecular complexity index is 352. The number of amides is 1. The van der Waals surface area contributed by atoms with Gasteiger partial charge < -0.3 is 20.0 Å². The number of carbonyl (C=O) groups excluding carboxylic acids is 3. The third-order valence-electron chi connectivity index (χ3n) is 3.36. The second kappa shape index (κ2) is 10.5. The third-order valence-corrected chi connectivity index (χ3v) is 3.36. The lowest BCUT2D eigenvalue weighted by Crippen LogP contribution is -2.37. The SMILES string of the molecule is CC(=O)CCC(C)CC(=O)NC(CCC(C)=O)CC(C)O. The van der Waals surface area contributed by atoms with E-state index in [0.717, 1.165) is 0 Å². The molecule has 1 amide bonds. The smallest absolute Gasteiger partial charge is 0.220 e. The highest BCUT2D eigenvalue weighted by molar-refractivity contribution is 5.78. The molecular formula is C16H29NO4. The van der Waals surface area contributed by atoms with Gasteiger partial charge >= 0.3 is 0 Å². The Morgan fingerprint density at radius 3 is 2.00 bits per heavy atom. The van der Waals surface area contributed by atoms with Crippen LogP contribution in [0.1, 0.15) is 66.2 Å². The van der Waals surface area contributed by atoms with E-state index < -0.39 is 6.10 Å². The summed E-state index contributed by atoms with van der Waals surface area (Å²) < 4.78 is 0. The molecule has 0 aromatic heterocycles. The predicted molar refractivity (Wildman–Crippen MR) is 81.8 cm³/mol. The Labute approximate surface area is 127 Å². The lowest BCUT2D eigenvalue weighted by molar-refractivity contribution is -0.124. The van der Waals surface area contributed by atoms with Crippen molar-refractivity contribution >= 4 is 17.5 Å². The Kier molecular flexibility index (Phi) is 9.88. The van der Waals surface area contributed by atoms with Crippen LogP contribution in [-0.2, 0) is 14.4 Å². The summed E-state index contributed by atoms with van der Waals surface area (Å²) in [5, 5.41) is 12.3. The molecule has 122 valence electrons. The van der Waals surface area contributed by atoms with Gasteiger partial charge in [0.2, 0.25) is 5.91 Å². The van der Waals surface area contributed by atoms with E-state index in [-0.39, 0.29) is 29.4 Å². The number of carbonyl (C=O) groups is 3. The van der Waals surface area contributed by atoms with Crippen LogP contribution in [0.25, 0.3) is 0 Å². The predicted octanol–water partition coefficient (Wildman–Crippen LogP) is 2.01. The van der Waals surface area contributed by atoms with Crippen LogP contribution in [0, 0.1) is 5.92 Å². The normalized spacial score (nSPS) is 15.1. The number of aliphatic hydroxyl groups excluding tert-OH is 1. The van der Waals surface area contributed by atoms with E-state index in [1.807, 2.05) is 6.92 Å². The Balaban J connectivity index is 4.24. The van der Waals surface area contributed by atoms with E-state index in [9.17, 15) is 19.5 Å². The van der Waals surface area contributed by atoms with E-state index in [0.29, 0.717) is 38.5 Å². The molecule has 0 aliphatic rings. The zero-order valence-electron chi connectivity index (χ0n) is 13.6. The first-order valence-electron chi connectivity index (χ1n) is 7.67. The lowest BCUT2D eigenvalue weighted by atomic mass is 9.98. The molecule has 0 heterocycles. The van der Waals surface area contributed by atoms with Crippen molar-refractivity contribution in [1.29, 1.82) is 0 Å². The molecule has 5 heteroatoms. The highest BCUT2D eigenvalue weighted by Gasteiger charge is 2.17. The molecule has 5 nitrogen and oxygen atoms in total. The van der Waals surface area contributed by atoms with Crippen LogP contribution >= 0.6 is 0 Å². The molecule has 0 spiro atoms. The zero-order chi connectivity index (χ0) is 16.4. The van der Waals surface area contributed by atoms with E-state index in [1.54, 1.807) is 13.8 Å². The van der Waals surface area contributed by atoms with E-state index in [1.165, 1.54) is 6.92 Å². The van der Waals surface area contributed by atoms with Gasteiger partial charge in [0.05, 0.1) is 6.10 Å². The number of ketones is 2. The van der Waals surface area contributed by atoms with Gasteiger partial charge in [-0.2, -0.15) is 0 Å². The lowest BCUT2D eigenvalue weighted by Gasteiger charge is -2.21. The zero-order valence-corrected chi connectivity index (χ0v) is 13.6. The standard InChI is InChI=1S/C16H29NO4/c1-11(5-6-12(2)18)9-16(21)17-15(10-14(4)20)8-7-13(3)19/h11,14-15,20H,5-10H2,1-4H3,(H,17,21). The summed E-state index contributed by atoms with van der Waals surface area (Å²) in [5.74, 6) is 0.277. The first kappa shape index (κ1) is 19.8. The molecule has 0 fully saturated rings. The van der Waals surface area contributed by atoms with Gasteiger partial charge in [0.25, 0.3) is 0 Å². The molecule has 2 N–H and O–H groups in total. The molecule has 0 bridgehead atoms. The second-order valence-electron chi connectivity index (χ2n) is 6.14. The maximum Gasteiger partial charge on any atom is 0.220 e. The average Bonchev–Trinajstić information content (AvgIpc) is 2.32. The van der Waals surface area contributed by atoms with Crippen LogP contribution in [0.4, 0.5) is 0 Å². The summed E-state index contributed by atoms with van der Waals surface area (Å²) in [5.41, 5.74) is 0. The highest BCUT2D eigenvalue weighted by Crippen LogP contribution is 2.12. The molecule has 21 heavy (non-hydrogen) atoms. The maximum absolute atomic E-state index is 12.0. The van der Waals surface area contributed by atoms with Crippen molar-refractivity contribution in [2.45, 2.75) is 78.4 Å². The fourth-order valence-corrected chi connectivity index (χ4v) is 2.19. The minimum Gasteiger partial charge on any atom is -0.393 e. The van der Waals surface area contributed by atoms with Crippen molar-refractivity contribution < 1.29 is 19.5 Å². The van der Waals surface area contributed by atoms with Crippen molar-refractivity contribution in [1.82, 2.24) is 5.32 Å². The van der Waals surface area contributed by atoms with E-state index in [4.69, 9.17) is 0 Å². The summed E-state index contributed by atoms with van der Waals surface area (Å²) >= 11 is 0. The van der Waals surface area contributed by atoms with Crippen LogP contribution in [0.15, 0.2) is 0 Å². The van der Waals surface area contributed by atoms with E-state index >= 15 is 0 Å². The fraction of sp³-hybridized carbons (Fsp3) is 0.812. The molecule has 3 unspecified atom stereocenters.